The number of hydrogen-bond acceptors (Lipinski definition) is 5. The van der Waals surface area contributed by atoms with E-state index in [1.807, 2.05) is 24.3 Å². The molecule has 0 unspecified atom stereocenters. The van der Waals surface area contributed by atoms with Crippen molar-refractivity contribution in [1.29, 1.82) is 0 Å². The first-order valence-corrected chi connectivity index (χ1v) is 10.2. The van der Waals surface area contributed by atoms with Gasteiger partial charge in [0.1, 0.15) is 17.3 Å². The van der Waals surface area contributed by atoms with Crippen LogP contribution in [0, 0.1) is 0 Å². The monoisotopic (exact) mass is 406 g/mol. The van der Waals surface area contributed by atoms with E-state index in [0.717, 1.165) is 43.0 Å². The van der Waals surface area contributed by atoms with E-state index in [1.54, 1.807) is 32.4 Å². The Labute approximate surface area is 176 Å². The number of aromatic nitrogens is 3. The normalized spacial score (nSPS) is 13.7. The lowest BCUT2D eigenvalue weighted by Crippen LogP contribution is -2.12. The number of nitrogens with one attached hydrogen (secondary N) is 1. The predicted octanol–water partition coefficient (Wildman–Crippen LogP) is 4.33. The Bertz CT molecular complexity index is 1010. The van der Waals surface area contributed by atoms with Crippen LogP contribution in [0.5, 0.6) is 11.5 Å². The number of rotatable bonds is 5. The summed E-state index contributed by atoms with van der Waals surface area (Å²) in [6, 6.07) is 12.8. The third kappa shape index (κ3) is 4.30. The molecule has 1 aliphatic rings. The number of carbonyl (C=O) groups excluding carboxylic acids is 1. The number of carbonyl (C=O) groups is 1. The second kappa shape index (κ2) is 8.98. The van der Waals surface area contributed by atoms with Crippen LogP contribution < -0.4 is 14.8 Å². The number of fused-ring (bicyclic) bond motifs is 1. The zero-order valence-electron chi connectivity index (χ0n) is 17.4. The van der Waals surface area contributed by atoms with Crippen molar-refractivity contribution in [3.63, 3.8) is 0 Å². The Morgan fingerprint density at radius 2 is 1.63 bits per heavy atom. The molecule has 7 nitrogen and oxygen atoms in total. The van der Waals surface area contributed by atoms with Gasteiger partial charge in [-0.2, -0.15) is 0 Å². The first-order chi connectivity index (χ1) is 14.7. The summed E-state index contributed by atoms with van der Waals surface area (Å²) in [6.45, 7) is 0.952. The molecule has 3 aromatic rings. The fraction of sp³-hybridized carbons (Fsp3) is 0.348. The molecule has 0 saturated heterocycles. The van der Waals surface area contributed by atoms with Gasteiger partial charge in [-0.25, -0.2) is 0 Å². The molecule has 0 aliphatic carbocycles. The van der Waals surface area contributed by atoms with Gasteiger partial charge < -0.3 is 19.4 Å². The molecule has 156 valence electrons. The summed E-state index contributed by atoms with van der Waals surface area (Å²) in [5, 5.41) is 11.7. The highest BCUT2D eigenvalue weighted by Gasteiger charge is 2.16. The number of methoxy groups -OCH3 is 2. The standard InChI is InChI=1S/C23H26N4O3/c1-29-19-13-17(14-20(15-19)30-2)23(28)24-18-10-8-16(9-11-18)22-26-25-21-7-5-3-4-6-12-27(21)22/h8-11,13-15H,3-7,12H2,1-2H3,(H,24,28). The fourth-order valence-electron chi connectivity index (χ4n) is 3.72. The smallest absolute Gasteiger partial charge is 0.255 e. The summed E-state index contributed by atoms with van der Waals surface area (Å²) in [5.41, 5.74) is 2.17. The van der Waals surface area contributed by atoms with Crippen molar-refractivity contribution in [2.24, 2.45) is 0 Å². The van der Waals surface area contributed by atoms with E-state index < -0.39 is 0 Å². The van der Waals surface area contributed by atoms with Crippen molar-refractivity contribution in [3.05, 3.63) is 53.9 Å². The van der Waals surface area contributed by atoms with Crippen molar-refractivity contribution in [2.75, 3.05) is 19.5 Å². The van der Waals surface area contributed by atoms with Gasteiger partial charge in [-0.15, -0.1) is 10.2 Å². The number of ether oxygens (including phenoxy) is 2. The lowest BCUT2D eigenvalue weighted by molar-refractivity contribution is 0.102. The Balaban J connectivity index is 1.51. The maximum Gasteiger partial charge on any atom is 0.255 e. The highest BCUT2D eigenvalue weighted by atomic mass is 16.5. The van der Waals surface area contributed by atoms with Crippen LogP contribution in [0.4, 0.5) is 5.69 Å². The van der Waals surface area contributed by atoms with Crippen LogP contribution in [0.15, 0.2) is 42.5 Å². The van der Waals surface area contributed by atoms with E-state index in [9.17, 15) is 4.79 Å². The minimum atomic E-state index is -0.229. The van der Waals surface area contributed by atoms with Crippen LogP contribution in [0.1, 0.15) is 41.9 Å². The zero-order chi connectivity index (χ0) is 20.9. The summed E-state index contributed by atoms with van der Waals surface area (Å²) in [7, 11) is 3.12. The Hall–Kier alpha value is -3.35. The van der Waals surface area contributed by atoms with Gasteiger partial charge in [-0.1, -0.05) is 12.8 Å². The van der Waals surface area contributed by atoms with Gasteiger partial charge in [-0.05, 0) is 49.2 Å². The molecular weight excluding hydrogens is 380 g/mol. The molecule has 0 saturated carbocycles. The van der Waals surface area contributed by atoms with Crippen LogP contribution in [0.3, 0.4) is 0 Å². The van der Waals surface area contributed by atoms with E-state index in [1.165, 1.54) is 12.8 Å². The molecule has 0 spiro atoms. The topological polar surface area (TPSA) is 78.3 Å². The van der Waals surface area contributed by atoms with Crippen LogP contribution in [0.2, 0.25) is 0 Å². The van der Waals surface area contributed by atoms with Crippen molar-refractivity contribution >= 4 is 11.6 Å². The van der Waals surface area contributed by atoms with E-state index in [4.69, 9.17) is 9.47 Å². The summed E-state index contributed by atoms with van der Waals surface area (Å²) in [5.74, 6) is 2.86. The van der Waals surface area contributed by atoms with Gasteiger partial charge in [0.15, 0.2) is 5.82 Å². The largest absolute Gasteiger partial charge is 0.497 e. The lowest BCUT2D eigenvalue weighted by atomic mass is 10.1. The molecule has 7 heteroatoms. The summed E-state index contributed by atoms with van der Waals surface area (Å²) in [4.78, 5) is 12.7. The zero-order valence-corrected chi connectivity index (χ0v) is 17.4. The van der Waals surface area contributed by atoms with Crippen LogP contribution in [-0.2, 0) is 13.0 Å². The van der Waals surface area contributed by atoms with Crippen molar-refractivity contribution < 1.29 is 14.3 Å². The first kappa shape index (κ1) is 19.9. The summed E-state index contributed by atoms with van der Waals surface area (Å²) in [6.07, 6.45) is 5.80. The van der Waals surface area contributed by atoms with Crippen LogP contribution in [0.25, 0.3) is 11.4 Å². The molecule has 4 rings (SSSR count). The maximum atomic E-state index is 12.7. The molecule has 1 aliphatic heterocycles. The third-order valence-electron chi connectivity index (χ3n) is 5.37. The van der Waals surface area contributed by atoms with Crippen LogP contribution in [-0.4, -0.2) is 34.9 Å². The quantitative estimate of drug-likeness (QED) is 0.682. The van der Waals surface area contributed by atoms with Gasteiger partial charge in [-0.3, -0.25) is 4.79 Å². The Kier molecular flexibility index (Phi) is 5.97. The van der Waals surface area contributed by atoms with Gasteiger partial charge in [0.05, 0.1) is 14.2 Å². The molecular formula is C23H26N4O3. The van der Waals surface area contributed by atoms with E-state index in [2.05, 4.69) is 20.1 Å². The van der Waals surface area contributed by atoms with Gasteiger partial charge in [0.25, 0.3) is 5.91 Å². The average molecular weight is 406 g/mol. The number of benzene rings is 2. The fourth-order valence-corrected chi connectivity index (χ4v) is 3.72. The molecule has 1 N–H and O–H groups in total. The van der Waals surface area contributed by atoms with Gasteiger partial charge in [0, 0.05) is 35.8 Å². The highest BCUT2D eigenvalue weighted by Crippen LogP contribution is 2.25. The number of hydrogen-bond donors (Lipinski definition) is 1. The second-order valence-corrected chi connectivity index (χ2v) is 7.39. The van der Waals surface area contributed by atoms with Gasteiger partial charge >= 0.3 is 0 Å². The third-order valence-corrected chi connectivity index (χ3v) is 5.37. The molecule has 30 heavy (non-hydrogen) atoms. The maximum absolute atomic E-state index is 12.7. The molecule has 1 amide bonds. The minimum Gasteiger partial charge on any atom is -0.497 e. The van der Waals surface area contributed by atoms with Crippen LogP contribution >= 0.6 is 0 Å². The average Bonchev–Trinajstić information content (AvgIpc) is 3.15. The number of amides is 1. The van der Waals surface area contributed by atoms with Gasteiger partial charge in [0.2, 0.25) is 0 Å². The van der Waals surface area contributed by atoms with Crippen molar-refractivity contribution in [2.45, 2.75) is 38.6 Å². The summed E-state index contributed by atoms with van der Waals surface area (Å²) >= 11 is 0. The number of nitrogens with zero attached hydrogens (tertiary/aromatic N) is 3. The molecule has 0 radical (unpaired) electrons. The second-order valence-electron chi connectivity index (χ2n) is 7.39. The highest BCUT2D eigenvalue weighted by molar-refractivity contribution is 6.04. The number of aryl methyl sites for hydroxylation is 1. The van der Waals surface area contributed by atoms with Crippen molar-refractivity contribution in [3.8, 4) is 22.9 Å². The van der Waals surface area contributed by atoms with E-state index >= 15 is 0 Å². The SMILES string of the molecule is COc1cc(OC)cc(C(=O)Nc2ccc(-c3nnc4n3CCCCCC4)cc2)c1. The Morgan fingerprint density at radius 1 is 0.933 bits per heavy atom. The molecule has 0 fully saturated rings. The molecule has 0 bridgehead atoms. The lowest BCUT2D eigenvalue weighted by Gasteiger charge is -2.13. The number of anilines is 1. The first-order valence-electron chi connectivity index (χ1n) is 10.2. The van der Waals surface area contributed by atoms with E-state index in [0.29, 0.717) is 22.7 Å². The minimum absolute atomic E-state index is 0.229. The molecule has 2 heterocycles. The summed E-state index contributed by atoms with van der Waals surface area (Å²) < 4.78 is 12.7. The molecule has 1 aromatic heterocycles. The van der Waals surface area contributed by atoms with E-state index in [-0.39, 0.29) is 5.91 Å². The Morgan fingerprint density at radius 3 is 2.33 bits per heavy atom. The predicted molar refractivity (Wildman–Crippen MR) is 115 cm³/mol. The molecule has 0 atom stereocenters. The molecule has 2 aromatic carbocycles. The van der Waals surface area contributed by atoms with Crippen molar-refractivity contribution in [1.82, 2.24) is 14.8 Å².